The molecule has 0 amide bonds. The summed E-state index contributed by atoms with van der Waals surface area (Å²) in [7, 11) is 0. The molecule has 0 radical (unpaired) electrons. The average molecular weight is 479 g/mol. The maximum atomic E-state index is 13.1. The van der Waals surface area contributed by atoms with E-state index in [0.717, 1.165) is 17.3 Å². The van der Waals surface area contributed by atoms with E-state index in [1.54, 1.807) is 12.3 Å². The van der Waals surface area contributed by atoms with Gasteiger partial charge in [-0.15, -0.1) is 0 Å². The van der Waals surface area contributed by atoms with Gasteiger partial charge in [0.25, 0.3) is 0 Å². The van der Waals surface area contributed by atoms with Gasteiger partial charge in [0.2, 0.25) is 5.95 Å². The molecule has 1 fully saturated rings. The van der Waals surface area contributed by atoms with Crippen LogP contribution in [0.3, 0.4) is 0 Å². The Labute approximate surface area is 201 Å². The van der Waals surface area contributed by atoms with Gasteiger partial charge in [-0.1, -0.05) is 48.6 Å². The third kappa shape index (κ3) is 5.21. The second-order valence-corrected chi connectivity index (χ2v) is 8.91. The fourth-order valence-electron chi connectivity index (χ4n) is 4.61. The first kappa shape index (κ1) is 23.1. The van der Waals surface area contributed by atoms with Crippen molar-refractivity contribution >= 4 is 23.5 Å². The topological polar surface area (TPSA) is 49.3 Å². The maximum Gasteiger partial charge on any atom is 0.416 e. The largest absolute Gasteiger partial charge is 0.416 e. The first-order valence-electron chi connectivity index (χ1n) is 11.7. The van der Waals surface area contributed by atoms with Gasteiger partial charge in [-0.25, -0.2) is 9.97 Å². The highest BCUT2D eigenvalue weighted by Gasteiger charge is 2.31. The van der Waals surface area contributed by atoms with Crippen LogP contribution in [-0.2, 0) is 12.6 Å². The number of carbonyl (C=O) groups is 1. The van der Waals surface area contributed by atoms with E-state index in [4.69, 9.17) is 4.98 Å². The molecule has 3 aromatic rings. The lowest BCUT2D eigenvalue weighted by Gasteiger charge is -2.36. The minimum absolute atomic E-state index is 0.0508. The number of aromatic nitrogens is 2. The quantitative estimate of drug-likeness (QED) is 0.511. The molecule has 2 aliphatic rings. The minimum atomic E-state index is -4.36. The van der Waals surface area contributed by atoms with Gasteiger partial charge in [0.15, 0.2) is 5.78 Å². The summed E-state index contributed by atoms with van der Waals surface area (Å²) in [6.45, 7) is 2.28. The van der Waals surface area contributed by atoms with Crippen molar-refractivity contribution in [2.45, 2.75) is 19.0 Å². The van der Waals surface area contributed by atoms with Crippen LogP contribution in [0.5, 0.6) is 0 Å². The van der Waals surface area contributed by atoms with Gasteiger partial charge in [0, 0.05) is 44.5 Å². The fourth-order valence-corrected chi connectivity index (χ4v) is 4.61. The number of nitrogens with zero attached hydrogens (tertiary/aromatic N) is 4. The molecule has 1 aliphatic heterocycles. The van der Waals surface area contributed by atoms with Gasteiger partial charge in [0.1, 0.15) is 0 Å². The summed E-state index contributed by atoms with van der Waals surface area (Å²) in [6.07, 6.45) is 2.49. The number of halogens is 3. The summed E-state index contributed by atoms with van der Waals surface area (Å²) >= 11 is 0. The number of ketones is 1. The molecular formula is C27H25F3N4O. The van der Waals surface area contributed by atoms with Crippen molar-refractivity contribution in [3.8, 4) is 0 Å². The highest BCUT2D eigenvalue weighted by atomic mass is 19.4. The molecule has 2 aromatic carbocycles. The molecular weight excluding hydrogens is 453 g/mol. The predicted molar refractivity (Wildman–Crippen MR) is 130 cm³/mol. The molecule has 35 heavy (non-hydrogen) atoms. The Morgan fingerprint density at radius 1 is 0.914 bits per heavy atom. The number of fused-ring (bicyclic) bond motifs is 1. The Morgan fingerprint density at radius 3 is 2.40 bits per heavy atom. The molecule has 1 unspecified atom stereocenters. The Hall–Kier alpha value is -3.68. The maximum absolute atomic E-state index is 13.1. The highest BCUT2D eigenvalue weighted by molar-refractivity contribution is 5.98. The van der Waals surface area contributed by atoms with Crippen LogP contribution in [0.4, 0.5) is 24.8 Å². The van der Waals surface area contributed by atoms with Gasteiger partial charge >= 0.3 is 6.18 Å². The van der Waals surface area contributed by atoms with Crippen molar-refractivity contribution < 1.29 is 18.0 Å². The van der Waals surface area contributed by atoms with Crippen molar-refractivity contribution in [3.63, 3.8) is 0 Å². The molecule has 5 nitrogen and oxygen atoms in total. The Balaban J connectivity index is 1.26. The number of Topliss-reactive ketones (excluding diaryl/α,β-unsaturated/α-hetero) is 1. The average Bonchev–Trinajstić information content (AvgIpc) is 2.87. The van der Waals surface area contributed by atoms with Crippen LogP contribution in [0.25, 0.3) is 6.08 Å². The van der Waals surface area contributed by atoms with Gasteiger partial charge in [-0.2, -0.15) is 13.2 Å². The van der Waals surface area contributed by atoms with Crippen LogP contribution in [0.2, 0.25) is 0 Å². The SMILES string of the molecule is O=C1CC(/C=C/c2ccccc2)Cc2nc(N3CCN(c4cccc(C(F)(F)F)c4)CC3)ncc21. The molecule has 0 N–H and O–H groups in total. The lowest BCUT2D eigenvalue weighted by molar-refractivity contribution is -0.137. The lowest BCUT2D eigenvalue weighted by atomic mass is 9.86. The summed E-state index contributed by atoms with van der Waals surface area (Å²) in [5, 5.41) is 0. The molecule has 0 spiro atoms. The van der Waals surface area contributed by atoms with Crippen LogP contribution < -0.4 is 9.80 Å². The number of hydrogen-bond donors (Lipinski definition) is 0. The number of hydrogen-bond acceptors (Lipinski definition) is 5. The monoisotopic (exact) mass is 478 g/mol. The van der Waals surface area contributed by atoms with Crippen LogP contribution in [0.15, 0.2) is 66.9 Å². The fraction of sp³-hybridized carbons (Fsp3) is 0.296. The molecule has 0 saturated carbocycles. The zero-order chi connectivity index (χ0) is 24.4. The number of carbonyl (C=O) groups excluding carboxylic acids is 1. The molecule has 180 valence electrons. The Morgan fingerprint density at radius 2 is 1.66 bits per heavy atom. The first-order valence-corrected chi connectivity index (χ1v) is 11.7. The lowest BCUT2D eigenvalue weighted by Crippen LogP contribution is -2.47. The number of alkyl halides is 3. The predicted octanol–water partition coefficient (Wildman–Crippen LogP) is 5.28. The minimum Gasteiger partial charge on any atom is -0.368 e. The second kappa shape index (κ2) is 9.52. The summed E-state index contributed by atoms with van der Waals surface area (Å²) in [4.78, 5) is 25.8. The van der Waals surface area contributed by atoms with E-state index in [9.17, 15) is 18.0 Å². The van der Waals surface area contributed by atoms with E-state index in [1.807, 2.05) is 46.2 Å². The van der Waals surface area contributed by atoms with Gasteiger partial charge < -0.3 is 9.80 Å². The standard InChI is InChI=1S/C27H25F3N4O/c28-27(29,30)21-7-4-8-22(17-21)33-11-13-34(14-12-33)26-31-18-23-24(32-26)15-20(16-25(23)35)10-9-19-5-2-1-3-6-19/h1-10,17-18,20H,11-16H2/b10-9+. The first-order chi connectivity index (χ1) is 16.9. The third-order valence-electron chi connectivity index (χ3n) is 6.52. The Kier molecular flexibility index (Phi) is 6.28. The van der Waals surface area contributed by atoms with E-state index in [2.05, 4.69) is 11.1 Å². The van der Waals surface area contributed by atoms with Gasteiger partial charge in [-0.3, -0.25) is 4.79 Å². The summed E-state index contributed by atoms with van der Waals surface area (Å²) in [5.74, 6) is 0.693. The van der Waals surface area contributed by atoms with E-state index >= 15 is 0 Å². The van der Waals surface area contributed by atoms with E-state index < -0.39 is 11.7 Å². The molecule has 5 rings (SSSR count). The third-order valence-corrected chi connectivity index (χ3v) is 6.52. The highest BCUT2D eigenvalue weighted by Crippen LogP contribution is 2.32. The smallest absolute Gasteiger partial charge is 0.368 e. The molecule has 1 aliphatic carbocycles. The summed E-state index contributed by atoms with van der Waals surface area (Å²) < 4.78 is 39.2. The van der Waals surface area contributed by atoms with E-state index in [1.165, 1.54) is 12.1 Å². The van der Waals surface area contributed by atoms with Crippen LogP contribution in [0.1, 0.15) is 33.6 Å². The van der Waals surface area contributed by atoms with Crippen LogP contribution in [0, 0.1) is 5.92 Å². The van der Waals surface area contributed by atoms with E-state index in [-0.39, 0.29) is 11.7 Å². The normalized spacial score (nSPS) is 18.7. The molecule has 1 saturated heterocycles. The van der Waals surface area contributed by atoms with Crippen molar-refractivity contribution in [2.24, 2.45) is 5.92 Å². The number of rotatable bonds is 4. The van der Waals surface area contributed by atoms with E-state index in [0.29, 0.717) is 56.2 Å². The van der Waals surface area contributed by atoms with Crippen LogP contribution in [-0.4, -0.2) is 41.9 Å². The summed E-state index contributed by atoms with van der Waals surface area (Å²) in [6, 6.07) is 15.4. The molecule has 2 heterocycles. The number of piperazine rings is 1. The van der Waals surface area contributed by atoms with Gasteiger partial charge in [0.05, 0.1) is 16.8 Å². The molecule has 1 aromatic heterocycles. The van der Waals surface area contributed by atoms with Crippen molar-refractivity contribution in [3.05, 3.63) is 89.3 Å². The second-order valence-electron chi connectivity index (χ2n) is 8.91. The van der Waals surface area contributed by atoms with Crippen LogP contribution >= 0.6 is 0 Å². The zero-order valence-corrected chi connectivity index (χ0v) is 19.1. The number of allylic oxidation sites excluding steroid dienone is 1. The molecule has 0 bridgehead atoms. The van der Waals surface area contributed by atoms with Crippen molar-refractivity contribution in [1.29, 1.82) is 0 Å². The molecule has 8 heteroatoms. The van der Waals surface area contributed by atoms with Gasteiger partial charge in [-0.05, 0) is 36.1 Å². The summed E-state index contributed by atoms with van der Waals surface area (Å²) in [5.41, 5.74) is 2.35. The number of benzene rings is 2. The van der Waals surface area contributed by atoms with Crippen molar-refractivity contribution in [1.82, 2.24) is 9.97 Å². The van der Waals surface area contributed by atoms with Crippen molar-refractivity contribution in [2.75, 3.05) is 36.0 Å². The molecule has 1 atom stereocenters. The zero-order valence-electron chi connectivity index (χ0n) is 19.1. The Bertz CT molecular complexity index is 1230. The number of anilines is 2.